The monoisotopic (exact) mass is 342 g/mol. The lowest BCUT2D eigenvalue weighted by molar-refractivity contribution is 0.102. The van der Waals surface area contributed by atoms with Crippen LogP contribution in [0.15, 0.2) is 46.8 Å². The highest BCUT2D eigenvalue weighted by atomic mass is 32.2. The Morgan fingerprint density at radius 1 is 1.26 bits per heavy atom. The van der Waals surface area contributed by atoms with Gasteiger partial charge in [-0.1, -0.05) is 18.2 Å². The van der Waals surface area contributed by atoms with Gasteiger partial charge in [0.25, 0.3) is 0 Å². The highest BCUT2D eigenvalue weighted by Crippen LogP contribution is 2.26. The van der Waals surface area contributed by atoms with Gasteiger partial charge >= 0.3 is 0 Å². The molecule has 0 fully saturated rings. The van der Waals surface area contributed by atoms with Gasteiger partial charge in [-0.05, 0) is 38.5 Å². The van der Waals surface area contributed by atoms with Crippen molar-refractivity contribution in [2.75, 3.05) is 5.75 Å². The van der Waals surface area contributed by atoms with Crippen LogP contribution in [0.25, 0.3) is 5.13 Å². The molecule has 0 amide bonds. The molecule has 0 bridgehead atoms. The topological polar surface area (TPSA) is 34.9 Å². The number of hydrogen-bond acceptors (Lipinski definition) is 4. The van der Waals surface area contributed by atoms with E-state index in [1.54, 1.807) is 29.3 Å². The van der Waals surface area contributed by atoms with Crippen molar-refractivity contribution in [3.63, 3.8) is 0 Å². The molecule has 1 aromatic carbocycles. The number of carbonyl (C=O) groups is 1. The van der Waals surface area contributed by atoms with E-state index in [0.29, 0.717) is 5.75 Å². The number of aryl methyl sites for hydroxylation is 2. The van der Waals surface area contributed by atoms with E-state index in [4.69, 9.17) is 0 Å². The summed E-state index contributed by atoms with van der Waals surface area (Å²) < 4.78 is 2.05. The Hall–Kier alpha value is -1.85. The van der Waals surface area contributed by atoms with Crippen LogP contribution in [-0.4, -0.2) is 21.1 Å². The van der Waals surface area contributed by atoms with Crippen molar-refractivity contribution >= 4 is 28.9 Å². The lowest BCUT2D eigenvalue weighted by atomic mass is 10.2. The Labute approximate surface area is 144 Å². The van der Waals surface area contributed by atoms with E-state index in [2.05, 4.69) is 28.6 Å². The van der Waals surface area contributed by atoms with Crippen molar-refractivity contribution in [1.82, 2.24) is 9.55 Å². The maximum Gasteiger partial charge on any atom is 0.193 e. The van der Waals surface area contributed by atoms with Gasteiger partial charge in [0.1, 0.15) is 0 Å². The van der Waals surface area contributed by atoms with E-state index < -0.39 is 0 Å². The predicted octanol–water partition coefficient (Wildman–Crippen LogP) is 4.83. The summed E-state index contributed by atoms with van der Waals surface area (Å²) in [5, 5.41) is 2.86. The molecule has 0 saturated carbocycles. The zero-order chi connectivity index (χ0) is 16.4. The van der Waals surface area contributed by atoms with E-state index in [1.807, 2.05) is 37.4 Å². The maximum atomic E-state index is 12.6. The zero-order valence-corrected chi connectivity index (χ0v) is 15.0. The molecule has 0 unspecified atom stereocenters. The van der Waals surface area contributed by atoms with Crippen LogP contribution in [-0.2, 0) is 0 Å². The highest BCUT2D eigenvalue weighted by Gasteiger charge is 2.18. The van der Waals surface area contributed by atoms with Crippen LogP contribution < -0.4 is 0 Å². The molecule has 118 valence electrons. The summed E-state index contributed by atoms with van der Waals surface area (Å²) in [7, 11) is 0. The number of benzene rings is 1. The third kappa shape index (κ3) is 3.26. The number of aromatic nitrogens is 2. The van der Waals surface area contributed by atoms with Crippen LogP contribution >= 0.6 is 23.1 Å². The van der Waals surface area contributed by atoms with Gasteiger partial charge in [-0.15, -0.1) is 23.1 Å². The molecule has 5 heteroatoms. The molecule has 0 atom stereocenters. The lowest BCUT2D eigenvalue weighted by Gasteiger charge is -2.06. The Kier molecular flexibility index (Phi) is 4.68. The quantitative estimate of drug-likeness (QED) is 0.492. The number of rotatable bonds is 5. The molecular formula is C18H18N2OS2. The van der Waals surface area contributed by atoms with Crippen LogP contribution in [0.5, 0.6) is 0 Å². The van der Waals surface area contributed by atoms with Crippen LogP contribution in [0.2, 0.25) is 0 Å². The van der Waals surface area contributed by atoms with E-state index in [9.17, 15) is 4.79 Å². The van der Waals surface area contributed by atoms with E-state index >= 15 is 0 Å². The molecule has 0 aliphatic carbocycles. The largest absolute Gasteiger partial charge is 0.294 e. The summed E-state index contributed by atoms with van der Waals surface area (Å²) >= 11 is 3.18. The molecule has 0 N–H and O–H groups in total. The van der Waals surface area contributed by atoms with Gasteiger partial charge < -0.3 is 0 Å². The molecule has 2 heterocycles. The maximum absolute atomic E-state index is 12.6. The molecule has 3 nitrogen and oxygen atoms in total. The number of ketones is 1. The number of hydrogen-bond donors (Lipinski definition) is 0. The Balaban J connectivity index is 1.81. The van der Waals surface area contributed by atoms with Crippen molar-refractivity contribution < 1.29 is 4.79 Å². The molecule has 3 rings (SSSR count). The molecular weight excluding hydrogens is 324 g/mol. The Morgan fingerprint density at radius 3 is 2.74 bits per heavy atom. The average Bonchev–Trinajstić information content (AvgIpc) is 3.14. The lowest BCUT2D eigenvalue weighted by Crippen LogP contribution is -2.05. The summed E-state index contributed by atoms with van der Waals surface area (Å²) in [6.07, 6.45) is 1.79. The molecule has 0 saturated heterocycles. The fraction of sp³-hybridized carbons (Fsp3) is 0.222. The minimum absolute atomic E-state index is 0.161. The molecule has 3 aromatic rings. The van der Waals surface area contributed by atoms with Crippen molar-refractivity contribution in [2.45, 2.75) is 25.7 Å². The number of Topliss-reactive ketones (excluding diaryl/α,β-unsaturated/α-hetero) is 1. The van der Waals surface area contributed by atoms with Gasteiger partial charge in [0.05, 0.1) is 5.75 Å². The van der Waals surface area contributed by atoms with Gasteiger partial charge in [0.15, 0.2) is 10.9 Å². The van der Waals surface area contributed by atoms with Crippen molar-refractivity contribution in [2.24, 2.45) is 0 Å². The first-order valence-electron chi connectivity index (χ1n) is 7.38. The van der Waals surface area contributed by atoms with E-state index in [-0.39, 0.29) is 5.78 Å². The standard InChI is InChI=1S/C18H18N2OS2/c1-12-6-4-5-7-17(12)23-11-16(21)15-10-13(2)20(14(15)3)18-19-8-9-22-18/h4-10H,11H2,1-3H3. The van der Waals surface area contributed by atoms with E-state index in [0.717, 1.165) is 27.0 Å². The molecule has 0 aliphatic rings. The van der Waals surface area contributed by atoms with Crippen molar-refractivity contribution in [3.8, 4) is 5.13 Å². The SMILES string of the molecule is Cc1ccccc1SCC(=O)c1cc(C)n(-c2nccs2)c1C. The minimum atomic E-state index is 0.161. The van der Waals surface area contributed by atoms with Crippen molar-refractivity contribution in [3.05, 3.63) is 64.4 Å². The van der Waals surface area contributed by atoms with Gasteiger partial charge in [-0.3, -0.25) is 9.36 Å². The summed E-state index contributed by atoms with van der Waals surface area (Å²) in [5.74, 6) is 0.613. The number of nitrogens with zero attached hydrogens (tertiary/aromatic N) is 2. The van der Waals surface area contributed by atoms with E-state index in [1.165, 1.54) is 5.56 Å². The number of thiazole rings is 1. The third-order valence-electron chi connectivity index (χ3n) is 3.79. The van der Waals surface area contributed by atoms with Gasteiger partial charge in [0, 0.05) is 33.4 Å². The number of thioether (sulfide) groups is 1. The zero-order valence-electron chi connectivity index (χ0n) is 13.4. The summed E-state index contributed by atoms with van der Waals surface area (Å²) in [6.45, 7) is 6.07. The molecule has 2 aromatic heterocycles. The van der Waals surface area contributed by atoms with Gasteiger partial charge in [-0.25, -0.2) is 4.98 Å². The minimum Gasteiger partial charge on any atom is -0.294 e. The first-order valence-corrected chi connectivity index (χ1v) is 9.25. The Morgan fingerprint density at radius 2 is 2.04 bits per heavy atom. The summed E-state index contributed by atoms with van der Waals surface area (Å²) in [6, 6.07) is 10.1. The summed E-state index contributed by atoms with van der Waals surface area (Å²) in [5.41, 5.74) is 4.01. The summed E-state index contributed by atoms with van der Waals surface area (Å²) in [4.78, 5) is 18.1. The van der Waals surface area contributed by atoms with Crippen molar-refractivity contribution in [1.29, 1.82) is 0 Å². The normalized spacial score (nSPS) is 10.9. The fourth-order valence-electron chi connectivity index (χ4n) is 2.61. The van der Waals surface area contributed by atoms with Gasteiger partial charge in [-0.2, -0.15) is 0 Å². The first-order chi connectivity index (χ1) is 11.1. The average molecular weight is 342 g/mol. The molecule has 0 spiro atoms. The highest BCUT2D eigenvalue weighted by molar-refractivity contribution is 8.00. The van der Waals surface area contributed by atoms with Crippen LogP contribution in [0.3, 0.4) is 0 Å². The molecule has 23 heavy (non-hydrogen) atoms. The van der Waals surface area contributed by atoms with Crippen LogP contribution in [0, 0.1) is 20.8 Å². The predicted molar refractivity (Wildman–Crippen MR) is 97.1 cm³/mol. The molecule has 0 aliphatic heterocycles. The second-order valence-corrected chi connectivity index (χ2v) is 7.30. The third-order valence-corrected chi connectivity index (χ3v) is 5.73. The number of carbonyl (C=O) groups excluding carboxylic acids is 1. The molecule has 0 radical (unpaired) electrons. The van der Waals surface area contributed by atoms with Crippen LogP contribution in [0.4, 0.5) is 0 Å². The smallest absolute Gasteiger partial charge is 0.193 e. The second kappa shape index (κ2) is 6.72. The van der Waals surface area contributed by atoms with Crippen LogP contribution in [0.1, 0.15) is 27.3 Å². The Bertz CT molecular complexity index is 835. The fourth-order valence-corrected chi connectivity index (χ4v) is 4.27. The first kappa shape index (κ1) is 16.0. The van der Waals surface area contributed by atoms with Gasteiger partial charge in [0.2, 0.25) is 0 Å². The second-order valence-electron chi connectivity index (χ2n) is 5.41.